The Bertz CT molecular complexity index is 670. The SMILES string of the molecule is CC(C)(C)C(C)(N=NC(C)(c1ccccc1)C(C)(C)C)c1ccccc1. The molecule has 0 aromatic heterocycles. The lowest BCUT2D eigenvalue weighted by Gasteiger charge is -2.42. The molecule has 0 saturated carbocycles. The van der Waals surface area contributed by atoms with E-state index in [-0.39, 0.29) is 10.8 Å². The van der Waals surface area contributed by atoms with Crippen LogP contribution in [-0.4, -0.2) is 0 Å². The fourth-order valence-corrected chi connectivity index (χ4v) is 3.01. The molecule has 0 fully saturated rings. The molecule has 2 rings (SSSR count). The Morgan fingerprint density at radius 2 is 0.731 bits per heavy atom. The number of nitrogens with zero attached hydrogens (tertiary/aromatic N) is 2. The van der Waals surface area contributed by atoms with E-state index in [0.29, 0.717) is 0 Å². The van der Waals surface area contributed by atoms with Gasteiger partial charge in [0, 0.05) is 0 Å². The Morgan fingerprint density at radius 1 is 0.462 bits per heavy atom. The molecule has 0 saturated heterocycles. The molecule has 0 spiro atoms. The summed E-state index contributed by atoms with van der Waals surface area (Å²) in [5, 5.41) is 10.1. The van der Waals surface area contributed by atoms with Crippen LogP contribution >= 0.6 is 0 Å². The lowest BCUT2D eigenvalue weighted by Crippen LogP contribution is -2.38. The molecule has 0 aliphatic heterocycles. The summed E-state index contributed by atoms with van der Waals surface area (Å²) >= 11 is 0. The number of azo groups is 1. The van der Waals surface area contributed by atoms with Crippen LogP contribution < -0.4 is 0 Å². The van der Waals surface area contributed by atoms with Gasteiger partial charge in [0.2, 0.25) is 0 Å². The molecule has 140 valence electrons. The number of hydrogen-bond acceptors (Lipinski definition) is 2. The van der Waals surface area contributed by atoms with Crippen molar-refractivity contribution < 1.29 is 0 Å². The van der Waals surface area contributed by atoms with Gasteiger partial charge in [-0.05, 0) is 35.8 Å². The monoisotopic (exact) mass is 350 g/mol. The highest BCUT2D eigenvalue weighted by Crippen LogP contribution is 2.47. The van der Waals surface area contributed by atoms with E-state index in [1.54, 1.807) is 0 Å². The summed E-state index contributed by atoms with van der Waals surface area (Å²) in [7, 11) is 0. The molecule has 2 unspecified atom stereocenters. The quantitative estimate of drug-likeness (QED) is 0.514. The van der Waals surface area contributed by atoms with Crippen molar-refractivity contribution in [1.29, 1.82) is 0 Å². The Labute approximate surface area is 159 Å². The first kappa shape index (κ1) is 20.4. The summed E-state index contributed by atoms with van der Waals surface area (Å²) in [4.78, 5) is 0. The van der Waals surface area contributed by atoms with E-state index in [0.717, 1.165) is 0 Å². The van der Waals surface area contributed by atoms with Gasteiger partial charge in [-0.15, -0.1) is 0 Å². The zero-order valence-electron chi connectivity index (χ0n) is 17.7. The highest BCUT2D eigenvalue weighted by Gasteiger charge is 2.43. The van der Waals surface area contributed by atoms with Crippen molar-refractivity contribution in [3.8, 4) is 0 Å². The molecule has 2 atom stereocenters. The molecular weight excluding hydrogens is 316 g/mol. The minimum atomic E-state index is -0.407. The molecule has 2 aromatic carbocycles. The molecule has 26 heavy (non-hydrogen) atoms. The maximum Gasteiger partial charge on any atom is 0.108 e. The van der Waals surface area contributed by atoms with Crippen LogP contribution in [0.2, 0.25) is 0 Å². The molecule has 0 radical (unpaired) electrons. The largest absolute Gasteiger partial charge is 0.181 e. The normalized spacial score (nSPS) is 17.7. The number of rotatable bonds is 4. The van der Waals surface area contributed by atoms with E-state index in [2.05, 4.69) is 104 Å². The van der Waals surface area contributed by atoms with E-state index in [1.807, 2.05) is 12.1 Å². The van der Waals surface area contributed by atoms with E-state index in [9.17, 15) is 0 Å². The highest BCUT2D eigenvalue weighted by atomic mass is 15.2. The van der Waals surface area contributed by atoms with Crippen molar-refractivity contribution in [2.45, 2.75) is 66.5 Å². The zero-order chi connectivity index (χ0) is 19.6. The summed E-state index contributed by atoms with van der Waals surface area (Å²) in [5.74, 6) is 0. The first-order chi connectivity index (χ1) is 11.9. The van der Waals surface area contributed by atoms with Gasteiger partial charge in [-0.3, -0.25) is 0 Å². The van der Waals surface area contributed by atoms with Crippen LogP contribution in [-0.2, 0) is 11.1 Å². The Kier molecular flexibility index (Phi) is 5.46. The molecule has 0 N–H and O–H groups in total. The van der Waals surface area contributed by atoms with E-state index in [4.69, 9.17) is 10.2 Å². The average Bonchev–Trinajstić information content (AvgIpc) is 2.59. The van der Waals surface area contributed by atoms with Gasteiger partial charge < -0.3 is 0 Å². The third-order valence-corrected chi connectivity index (χ3v) is 6.04. The molecule has 0 aliphatic rings. The van der Waals surface area contributed by atoms with Gasteiger partial charge in [0.25, 0.3) is 0 Å². The van der Waals surface area contributed by atoms with Crippen molar-refractivity contribution in [3.05, 3.63) is 71.8 Å². The van der Waals surface area contributed by atoms with Crippen LogP contribution in [0.1, 0.15) is 66.5 Å². The lowest BCUT2D eigenvalue weighted by atomic mass is 9.70. The predicted molar refractivity (Wildman–Crippen MR) is 111 cm³/mol. The van der Waals surface area contributed by atoms with Crippen molar-refractivity contribution in [2.75, 3.05) is 0 Å². The van der Waals surface area contributed by atoms with Gasteiger partial charge in [-0.1, -0.05) is 102 Å². The van der Waals surface area contributed by atoms with Crippen LogP contribution in [0.25, 0.3) is 0 Å². The summed E-state index contributed by atoms with van der Waals surface area (Å²) in [6.45, 7) is 17.8. The fraction of sp³-hybridized carbons (Fsp3) is 0.500. The van der Waals surface area contributed by atoms with Crippen molar-refractivity contribution >= 4 is 0 Å². The standard InChI is InChI=1S/C24H34N2/c1-21(2,3)23(7,19-15-11-9-12-16-19)25-26-24(8,22(4,5)6)20-17-13-10-14-18-20/h9-18H,1-8H3. The maximum absolute atomic E-state index is 5.04. The first-order valence-electron chi connectivity index (χ1n) is 9.47. The molecule has 2 heteroatoms. The summed E-state index contributed by atoms with van der Waals surface area (Å²) in [6.07, 6.45) is 0. The Hall–Kier alpha value is -1.96. The average molecular weight is 351 g/mol. The van der Waals surface area contributed by atoms with Gasteiger partial charge in [0.15, 0.2) is 0 Å². The van der Waals surface area contributed by atoms with Crippen LogP contribution in [0, 0.1) is 10.8 Å². The summed E-state index contributed by atoms with van der Waals surface area (Å²) in [5.41, 5.74) is 1.45. The van der Waals surface area contributed by atoms with Gasteiger partial charge >= 0.3 is 0 Å². The molecule has 0 aliphatic carbocycles. The molecule has 0 bridgehead atoms. The van der Waals surface area contributed by atoms with Crippen LogP contribution in [0.15, 0.2) is 70.9 Å². The second-order valence-electron chi connectivity index (χ2n) is 9.58. The van der Waals surface area contributed by atoms with Crippen LogP contribution in [0.5, 0.6) is 0 Å². The second-order valence-corrected chi connectivity index (χ2v) is 9.58. The Balaban J connectivity index is 2.60. The third kappa shape index (κ3) is 3.75. The van der Waals surface area contributed by atoms with Crippen molar-refractivity contribution in [2.24, 2.45) is 21.1 Å². The Morgan fingerprint density at radius 3 is 0.962 bits per heavy atom. The van der Waals surface area contributed by atoms with Crippen molar-refractivity contribution in [1.82, 2.24) is 0 Å². The number of hydrogen-bond donors (Lipinski definition) is 0. The molecular formula is C24H34N2. The van der Waals surface area contributed by atoms with Crippen molar-refractivity contribution in [3.63, 3.8) is 0 Å². The summed E-state index contributed by atoms with van der Waals surface area (Å²) < 4.78 is 0. The third-order valence-electron chi connectivity index (χ3n) is 6.04. The molecule has 2 aromatic rings. The lowest BCUT2D eigenvalue weighted by molar-refractivity contribution is 0.160. The predicted octanol–water partition coefficient (Wildman–Crippen LogP) is 7.36. The molecule has 0 heterocycles. The van der Waals surface area contributed by atoms with Crippen LogP contribution in [0.3, 0.4) is 0 Å². The highest BCUT2D eigenvalue weighted by molar-refractivity contribution is 5.28. The second kappa shape index (κ2) is 6.98. The maximum atomic E-state index is 5.04. The minimum Gasteiger partial charge on any atom is -0.181 e. The van der Waals surface area contributed by atoms with Crippen LogP contribution in [0.4, 0.5) is 0 Å². The fourth-order valence-electron chi connectivity index (χ4n) is 3.01. The number of benzene rings is 2. The van der Waals surface area contributed by atoms with E-state index < -0.39 is 11.1 Å². The molecule has 0 amide bonds. The first-order valence-corrected chi connectivity index (χ1v) is 9.47. The zero-order valence-corrected chi connectivity index (χ0v) is 17.7. The van der Waals surface area contributed by atoms with Gasteiger partial charge in [-0.25, -0.2) is 0 Å². The summed E-state index contributed by atoms with van der Waals surface area (Å²) in [6, 6.07) is 21.0. The smallest absolute Gasteiger partial charge is 0.108 e. The molecule has 2 nitrogen and oxygen atoms in total. The van der Waals surface area contributed by atoms with Gasteiger partial charge in [0.05, 0.1) is 0 Å². The van der Waals surface area contributed by atoms with Gasteiger partial charge in [-0.2, -0.15) is 10.2 Å². The minimum absolute atomic E-state index is 0.0622. The van der Waals surface area contributed by atoms with Gasteiger partial charge in [0.1, 0.15) is 11.1 Å². The topological polar surface area (TPSA) is 24.7 Å². The van der Waals surface area contributed by atoms with E-state index in [1.165, 1.54) is 11.1 Å². The van der Waals surface area contributed by atoms with E-state index >= 15 is 0 Å².